The van der Waals surface area contributed by atoms with Crippen molar-refractivity contribution in [1.82, 2.24) is 14.3 Å². The molecule has 0 N–H and O–H groups in total. The fraction of sp³-hybridized carbons (Fsp3) is 0.263. The molecule has 0 atom stereocenters. The van der Waals surface area contributed by atoms with Crippen molar-refractivity contribution in [2.75, 3.05) is 20.2 Å². The molecular weight excluding hydrogens is 359 g/mol. The highest BCUT2D eigenvalue weighted by Crippen LogP contribution is 2.35. The van der Waals surface area contributed by atoms with Gasteiger partial charge < -0.3 is 9.64 Å². The molecule has 140 valence electrons. The van der Waals surface area contributed by atoms with Gasteiger partial charge in [-0.25, -0.2) is 4.98 Å². The molecule has 0 saturated carbocycles. The fourth-order valence-corrected chi connectivity index (χ4v) is 3.45. The van der Waals surface area contributed by atoms with Gasteiger partial charge in [0.15, 0.2) is 0 Å². The van der Waals surface area contributed by atoms with Crippen LogP contribution in [-0.2, 0) is 6.42 Å². The third-order valence-corrected chi connectivity index (χ3v) is 4.64. The lowest BCUT2D eigenvalue weighted by atomic mass is 9.94. The summed E-state index contributed by atoms with van der Waals surface area (Å²) in [5.41, 5.74) is 3.26. The molecular formula is C19H16F3N3O2. The first-order valence-corrected chi connectivity index (χ1v) is 8.37. The van der Waals surface area contributed by atoms with E-state index in [2.05, 4.69) is 4.98 Å². The van der Waals surface area contributed by atoms with Gasteiger partial charge in [0.05, 0.1) is 24.6 Å². The second-order valence-electron chi connectivity index (χ2n) is 6.38. The van der Waals surface area contributed by atoms with E-state index in [1.807, 2.05) is 34.9 Å². The van der Waals surface area contributed by atoms with Crippen LogP contribution in [0.15, 0.2) is 42.7 Å². The van der Waals surface area contributed by atoms with E-state index >= 15 is 0 Å². The van der Waals surface area contributed by atoms with E-state index in [-0.39, 0.29) is 17.9 Å². The second-order valence-corrected chi connectivity index (χ2v) is 6.38. The van der Waals surface area contributed by atoms with Crippen LogP contribution in [-0.4, -0.2) is 46.6 Å². The number of carbonyl (C=O) groups is 1. The minimum Gasteiger partial charge on any atom is -0.496 e. The molecule has 0 saturated heterocycles. The summed E-state index contributed by atoms with van der Waals surface area (Å²) in [6.45, 7) is -1.24. The minimum absolute atomic E-state index is 0.0190. The van der Waals surface area contributed by atoms with Gasteiger partial charge in [-0.2, -0.15) is 13.2 Å². The molecule has 27 heavy (non-hydrogen) atoms. The first kappa shape index (κ1) is 17.4. The van der Waals surface area contributed by atoms with Gasteiger partial charge in [0.2, 0.25) is 0 Å². The molecule has 0 radical (unpaired) electrons. The first-order valence-electron chi connectivity index (χ1n) is 8.37. The summed E-state index contributed by atoms with van der Waals surface area (Å²) >= 11 is 0. The Labute approximate surface area is 153 Å². The van der Waals surface area contributed by atoms with Crippen LogP contribution in [0.2, 0.25) is 0 Å². The highest BCUT2D eigenvalue weighted by molar-refractivity contribution is 6.00. The van der Waals surface area contributed by atoms with Crippen LogP contribution in [0.1, 0.15) is 15.9 Å². The Kier molecular flexibility index (Phi) is 4.05. The summed E-state index contributed by atoms with van der Waals surface area (Å²) in [7, 11) is 1.41. The highest BCUT2D eigenvalue weighted by atomic mass is 19.4. The number of pyridine rings is 1. The molecule has 0 spiro atoms. The maximum absolute atomic E-state index is 12.7. The predicted molar refractivity (Wildman–Crippen MR) is 92.8 cm³/mol. The molecule has 3 heterocycles. The average Bonchev–Trinajstić information content (AvgIpc) is 3.06. The normalized spacial score (nSPS) is 14.5. The number of imidazole rings is 1. The number of aromatic nitrogens is 2. The smallest absolute Gasteiger partial charge is 0.406 e. The number of ether oxygens (including phenoxy) is 1. The van der Waals surface area contributed by atoms with Gasteiger partial charge in [0.1, 0.15) is 17.9 Å². The molecule has 0 bridgehead atoms. The lowest BCUT2D eigenvalue weighted by Crippen LogP contribution is -2.43. The Hall–Kier alpha value is -3.03. The zero-order valence-electron chi connectivity index (χ0n) is 14.5. The van der Waals surface area contributed by atoms with Crippen LogP contribution in [0.5, 0.6) is 5.75 Å². The largest absolute Gasteiger partial charge is 0.496 e. The maximum Gasteiger partial charge on any atom is 0.406 e. The fourth-order valence-electron chi connectivity index (χ4n) is 3.45. The van der Waals surface area contributed by atoms with Gasteiger partial charge >= 0.3 is 6.18 Å². The number of hydrogen-bond donors (Lipinski definition) is 0. The number of fused-ring (bicyclic) bond motifs is 2. The van der Waals surface area contributed by atoms with E-state index in [0.29, 0.717) is 12.0 Å². The summed E-state index contributed by atoms with van der Waals surface area (Å²) in [4.78, 5) is 17.8. The van der Waals surface area contributed by atoms with Crippen LogP contribution in [0.25, 0.3) is 16.9 Å². The van der Waals surface area contributed by atoms with Gasteiger partial charge in [0.25, 0.3) is 5.91 Å². The lowest BCUT2D eigenvalue weighted by molar-refractivity contribution is -0.141. The van der Waals surface area contributed by atoms with E-state index in [9.17, 15) is 18.0 Å². The maximum atomic E-state index is 12.7. The molecule has 1 aliphatic heterocycles. The molecule has 1 aliphatic rings. The Morgan fingerprint density at radius 1 is 1.26 bits per heavy atom. The van der Waals surface area contributed by atoms with E-state index in [1.54, 1.807) is 12.3 Å². The average molecular weight is 375 g/mol. The number of halogens is 3. The number of benzene rings is 1. The number of nitrogens with zero attached hydrogens (tertiary/aromatic N) is 3. The third-order valence-electron chi connectivity index (χ3n) is 4.64. The number of hydrogen-bond acceptors (Lipinski definition) is 3. The summed E-state index contributed by atoms with van der Waals surface area (Å²) in [6.07, 6.45) is -0.508. The van der Waals surface area contributed by atoms with Gasteiger partial charge in [0, 0.05) is 18.3 Å². The van der Waals surface area contributed by atoms with Crippen molar-refractivity contribution in [2.45, 2.75) is 12.6 Å². The topological polar surface area (TPSA) is 46.8 Å². The van der Waals surface area contributed by atoms with Crippen LogP contribution in [0.4, 0.5) is 13.2 Å². The Balaban J connectivity index is 1.79. The standard InChI is InChI=1S/C19H16F3N3O2/c1-27-15-9-13(14-10-23-16-4-2-3-6-25(14)16)8-12-5-7-24(11-19(20,21)22)18(26)17(12)15/h2-4,6,8-10H,5,7,11H2,1H3. The molecule has 5 nitrogen and oxygen atoms in total. The monoisotopic (exact) mass is 375 g/mol. The van der Waals surface area contributed by atoms with Gasteiger partial charge in [-0.15, -0.1) is 0 Å². The van der Waals surface area contributed by atoms with Crippen molar-refractivity contribution in [3.63, 3.8) is 0 Å². The van der Waals surface area contributed by atoms with E-state index in [4.69, 9.17) is 4.74 Å². The van der Waals surface area contributed by atoms with Crippen molar-refractivity contribution in [3.8, 4) is 17.0 Å². The molecule has 1 amide bonds. The Morgan fingerprint density at radius 3 is 2.81 bits per heavy atom. The van der Waals surface area contributed by atoms with Crippen LogP contribution in [0.3, 0.4) is 0 Å². The summed E-state index contributed by atoms with van der Waals surface area (Å²) in [5, 5.41) is 0. The van der Waals surface area contributed by atoms with E-state index in [1.165, 1.54) is 7.11 Å². The first-order chi connectivity index (χ1) is 12.9. The Morgan fingerprint density at radius 2 is 2.07 bits per heavy atom. The third kappa shape index (κ3) is 3.11. The van der Waals surface area contributed by atoms with Crippen molar-refractivity contribution >= 4 is 11.6 Å². The lowest BCUT2D eigenvalue weighted by Gasteiger charge is -2.30. The molecule has 3 aromatic rings. The van der Waals surface area contributed by atoms with Crippen molar-refractivity contribution in [3.05, 3.63) is 53.9 Å². The molecule has 0 fully saturated rings. The number of methoxy groups -OCH3 is 1. The second kappa shape index (κ2) is 6.29. The number of rotatable bonds is 3. The number of carbonyl (C=O) groups excluding carboxylic acids is 1. The quantitative estimate of drug-likeness (QED) is 0.703. The zero-order chi connectivity index (χ0) is 19.2. The molecule has 2 aromatic heterocycles. The van der Waals surface area contributed by atoms with E-state index in [0.717, 1.165) is 21.8 Å². The van der Waals surface area contributed by atoms with Crippen molar-refractivity contribution in [2.24, 2.45) is 0 Å². The van der Waals surface area contributed by atoms with Gasteiger partial charge in [-0.3, -0.25) is 9.20 Å². The van der Waals surface area contributed by atoms with Crippen molar-refractivity contribution < 1.29 is 22.7 Å². The van der Waals surface area contributed by atoms with Gasteiger partial charge in [-0.1, -0.05) is 6.07 Å². The molecule has 4 rings (SSSR count). The molecule has 1 aromatic carbocycles. The van der Waals surface area contributed by atoms with E-state index < -0.39 is 18.6 Å². The Bertz CT molecular complexity index is 1010. The SMILES string of the molecule is COc1cc(-c2cnc3ccccn23)cc2c1C(=O)N(CC(F)(F)F)CC2. The van der Waals surface area contributed by atoms with Crippen LogP contribution < -0.4 is 4.74 Å². The number of amides is 1. The van der Waals surface area contributed by atoms with Crippen molar-refractivity contribution in [1.29, 1.82) is 0 Å². The minimum atomic E-state index is -4.43. The summed E-state index contributed by atoms with van der Waals surface area (Å²) < 4.78 is 45.5. The number of alkyl halides is 3. The molecule has 8 heteroatoms. The molecule has 0 aliphatic carbocycles. The van der Waals surface area contributed by atoms with Gasteiger partial charge in [-0.05, 0) is 36.2 Å². The summed E-state index contributed by atoms with van der Waals surface area (Å²) in [5.74, 6) is -0.389. The highest BCUT2D eigenvalue weighted by Gasteiger charge is 2.37. The molecule has 0 unspecified atom stereocenters. The predicted octanol–water partition coefficient (Wildman–Crippen LogP) is 3.57. The van der Waals surface area contributed by atoms with Crippen LogP contribution in [0, 0.1) is 0 Å². The zero-order valence-corrected chi connectivity index (χ0v) is 14.5. The summed E-state index contributed by atoms with van der Waals surface area (Å²) in [6, 6.07) is 9.14. The van der Waals surface area contributed by atoms with Crippen LogP contribution >= 0.6 is 0 Å².